The molecule has 0 atom stereocenters. The standard InChI is InChI=1S/C26H21FO4/c1-2-29-25-15-19(8-13-23(25)30-17-18-6-4-3-5-7-18)14-21-16-24(31-26(21)28)20-9-11-22(27)12-10-20/h3-16H,2,17H2,1H3/b21-14+. The fourth-order valence-electron chi connectivity index (χ4n) is 3.16. The van der Waals surface area contributed by atoms with Gasteiger partial charge in [0.1, 0.15) is 18.2 Å². The summed E-state index contributed by atoms with van der Waals surface area (Å²) in [6.45, 7) is 2.81. The molecule has 1 aliphatic heterocycles. The molecule has 3 aromatic rings. The zero-order chi connectivity index (χ0) is 21.6. The molecule has 4 rings (SSSR count). The van der Waals surface area contributed by atoms with Crippen LogP contribution in [0.15, 0.2) is 84.4 Å². The molecular weight excluding hydrogens is 395 g/mol. The number of ether oxygens (including phenoxy) is 3. The van der Waals surface area contributed by atoms with Gasteiger partial charge in [-0.25, -0.2) is 9.18 Å². The lowest BCUT2D eigenvalue weighted by molar-refractivity contribution is -0.130. The van der Waals surface area contributed by atoms with Crippen LogP contribution in [0.1, 0.15) is 23.6 Å². The van der Waals surface area contributed by atoms with Gasteiger partial charge < -0.3 is 14.2 Å². The van der Waals surface area contributed by atoms with Crippen LogP contribution in [0.25, 0.3) is 11.8 Å². The first-order valence-electron chi connectivity index (χ1n) is 9.97. The summed E-state index contributed by atoms with van der Waals surface area (Å²) in [4.78, 5) is 12.3. The maximum absolute atomic E-state index is 13.1. The monoisotopic (exact) mass is 416 g/mol. The lowest BCUT2D eigenvalue weighted by Gasteiger charge is -2.13. The quantitative estimate of drug-likeness (QED) is 0.362. The second-order valence-corrected chi connectivity index (χ2v) is 6.92. The van der Waals surface area contributed by atoms with Crippen molar-refractivity contribution in [3.8, 4) is 11.5 Å². The van der Waals surface area contributed by atoms with Crippen molar-refractivity contribution < 1.29 is 23.4 Å². The predicted molar refractivity (Wildman–Crippen MR) is 117 cm³/mol. The summed E-state index contributed by atoms with van der Waals surface area (Å²) in [5.74, 6) is 0.819. The summed E-state index contributed by atoms with van der Waals surface area (Å²) in [6.07, 6.45) is 3.37. The molecule has 0 unspecified atom stereocenters. The van der Waals surface area contributed by atoms with Gasteiger partial charge in [-0.1, -0.05) is 36.4 Å². The molecular formula is C26H21FO4. The van der Waals surface area contributed by atoms with Crippen molar-refractivity contribution >= 4 is 17.8 Å². The Kier molecular flexibility index (Phi) is 6.13. The highest BCUT2D eigenvalue weighted by Gasteiger charge is 2.22. The molecule has 0 saturated carbocycles. The molecule has 5 heteroatoms. The lowest BCUT2D eigenvalue weighted by atomic mass is 10.1. The molecule has 0 radical (unpaired) electrons. The Morgan fingerprint density at radius 2 is 1.71 bits per heavy atom. The minimum Gasteiger partial charge on any atom is -0.490 e. The number of esters is 1. The maximum Gasteiger partial charge on any atom is 0.343 e. The number of hydrogen-bond acceptors (Lipinski definition) is 4. The van der Waals surface area contributed by atoms with Crippen LogP contribution in [0.3, 0.4) is 0 Å². The number of halogens is 1. The molecule has 156 valence electrons. The number of carbonyl (C=O) groups excluding carboxylic acids is 1. The number of carbonyl (C=O) groups is 1. The molecule has 0 spiro atoms. The molecule has 1 heterocycles. The molecule has 0 amide bonds. The average Bonchev–Trinajstić information content (AvgIpc) is 3.15. The van der Waals surface area contributed by atoms with Crippen molar-refractivity contribution in [3.05, 3.63) is 107 Å². The normalized spacial score (nSPS) is 14.3. The molecule has 0 aromatic heterocycles. The summed E-state index contributed by atoms with van der Waals surface area (Å²) in [6, 6.07) is 21.2. The minimum atomic E-state index is -0.457. The summed E-state index contributed by atoms with van der Waals surface area (Å²) < 4.78 is 30.1. The molecule has 31 heavy (non-hydrogen) atoms. The van der Waals surface area contributed by atoms with Crippen molar-refractivity contribution in [3.63, 3.8) is 0 Å². The van der Waals surface area contributed by atoms with E-state index in [-0.39, 0.29) is 5.82 Å². The van der Waals surface area contributed by atoms with E-state index >= 15 is 0 Å². The molecule has 3 aromatic carbocycles. The summed E-state index contributed by atoms with van der Waals surface area (Å²) in [5, 5.41) is 0. The average molecular weight is 416 g/mol. The van der Waals surface area contributed by atoms with Gasteiger partial charge in [0.25, 0.3) is 0 Å². The Bertz CT molecular complexity index is 1130. The Morgan fingerprint density at radius 3 is 2.45 bits per heavy atom. The second-order valence-electron chi connectivity index (χ2n) is 6.92. The van der Waals surface area contributed by atoms with Crippen molar-refractivity contribution in [1.82, 2.24) is 0 Å². The Morgan fingerprint density at radius 1 is 0.935 bits per heavy atom. The van der Waals surface area contributed by atoms with Crippen LogP contribution in [-0.2, 0) is 16.1 Å². The van der Waals surface area contributed by atoms with Gasteiger partial charge in [0.15, 0.2) is 11.5 Å². The molecule has 4 nitrogen and oxygen atoms in total. The number of hydrogen-bond donors (Lipinski definition) is 0. The van der Waals surface area contributed by atoms with Crippen molar-refractivity contribution in [2.45, 2.75) is 13.5 Å². The fraction of sp³-hybridized carbons (Fsp3) is 0.115. The van der Waals surface area contributed by atoms with E-state index in [4.69, 9.17) is 14.2 Å². The molecule has 0 aliphatic carbocycles. The van der Waals surface area contributed by atoms with E-state index < -0.39 is 5.97 Å². The molecule has 0 bridgehead atoms. The van der Waals surface area contributed by atoms with Gasteiger partial charge in [-0.2, -0.15) is 0 Å². The van der Waals surface area contributed by atoms with Gasteiger partial charge in [0.2, 0.25) is 0 Å². The van der Waals surface area contributed by atoms with Crippen molar-refractivity contribution in [2.24, 2.45) is 0 Å². The molecule has 0 saturated heterocycles. The van der Waals surface area contributed by atoms with Crippen LogP contribution in [0.4, 0.5) is 4.39 Å². The van der Waals surface area contributed by atoms with E-state index in [9.17, 15) is 9.18 Å². The first-order valence-corrected chi connectivity index (χ1v) is 9.97. The zero-order valence-electron chi connectivity index (χ0n) is 17.0. The third kappa shape index (κ3) is 5.01. The van der Waals surface area contributed by atoms with Crippen LogP contribution < -0.4 is 9.47 Å². The highest BCUT2D eigenvalue weighted by atomic mass is 19.1. The van der Waals surface area contributed by atoms with E-state index in [0.717, 1.165) is 11.1 Å². The third-order valence-electron chi connectivity index (χ3n) is 4.68. The minimum absolute atomic E-state index is 0.345. The van der Waals surface area contributed by atoms with Gasteiger partial charge in [-0.3, -0.25) is 0 Å². The van der Waals surface area contributed by atoms with E-state index in [2.05, 4.69) is 0 Å². The molecule has 0 N–H and O–H groups in total. The van der Waals surface area contributed by atoms with E-state index in [0.29, 0.717) is 41.6 Å². The Hall–Kier alpha value is -3.86. The number of rotatable bonds is 7. The van der Waals surface area contributed by atoms with Gasteiger partial charge >= 0.3 is 5.97 Å². The summed E-state index contributed by atoms with van der Waals surface area (Å²) >= 11 is 0. The van der Waals surface area contributed by atoms with Crippen LogP contribution in [0.5, 0.6) is 11.5 Å². The smallest absolute Gasteiger partial charge is 0.343 e. The second kappa shape index (κ2) is 9.30. The van der Waals surface area contributed by atoms with Gasteiger partial charge in [-0.15, -0.1) is 0 Å². The van der Waals surface area contributed by atoms with Gasteiger partial charge in [0.05, 0.1) is 12.2 Å². The maximum atomic E-state index is 13.1. The predicted octanol–water partition coefficient (Wildman–Crippen LogP) is 5.78. The number of benzene rings is 3. The lowest BCUT2D eigenvalue weighted by Crippen LogP contribution is -2.00. The van der Waals surface area contributed by atoms with Crippen molar-refractivity contribution in [2.75, 3.05) is 6.61 Å². The van der Waals surface area contributed by atoms with Gasteiger partial charge in [0, 0.05) is 5.56 Å². The van der Waals surface area contributed by atoms with Crippen molar-refractivity contribution in [1.29, 1.82) is 0 Å². The molecule has 1 aliphatic rings. The highest BCUT2D eigenvalue weighted by molar-refractivity contribution is 6.05. The van der Waals surface area contributed by atoms with Crippen LogP contribution in [0, 0.1) is 5.82 Å². The zero-order valence-corrected chi connectivity index (χ0v) is 17.0. The largest absolute Gasteiger partial charge is 0.490 e. The van der Waals surface area contributed by atoms with E-state index in [1.807, 2.05) is 55.5 Å². The SMILES string of the molecule is CCOc1cc(/C=C2\C=C(c3ccc(F)cc3)OC2=O)ccc1OCc1ccccc1. The van der Waals surface area contributed by atoms with Crippen LogP contribution in [-0.4, -0.2) is 12.6 Å². The van der Waals surface area contributed by atoms with Crippen LogP contribution in [0.2, 0.25) is 0 Å². The summed E-state index contributed by atoms with van der Waals surface area (Å²) in [5.41, 5.74) is 2.87. The highest BCUT2D eigenvalue weighted by Crippen LogP contribution is 2.32. The molecule has 0 fully saturated rings. The van der Waals surface area contributed by atoms with E-state index in [1.165, 1.54) is 12.1 Å². The Balaban J connectivity index is 1.56. The number of cyclic esters (lactones) is 1. The fourth-order valence-corrected chi connectivity index (χ4v) is 3.16. The topological polar surface area (TPSA) is 44.8 Å². The van der Waals surface area contributed by atoms with E-state index in [1.54, 1.807) is 24.3 Å². The third-order valence-corrected chi connectivity index (χ3v) is 4.68. The van der Waals surface area contributed by atoms with Gasteiger partial charge in [-0.05, 0) is 66.6 Å². The first-order chi connectivity index (χ1) is 15.1. The van der Waals surface area contributed by atoms with Crippen LogP contribution >= 0.6 is 0 Å². The first kappa shape index (κ1) is 20.4. The summed E-state index contributed by atoms with van der Waals surface area (Å²) in [7, 11) is 0. The Labute approximate surface area is 180 Å².